The summed E-state index contributed by atoms with van der Waals surface area (Å²) in [6.45, 7) is 2.41. The molecule has 0 N–H and O–H groups in total. The Morgan fingerprint density at radius 1 is 0.958 bits per heavy atom. The Bertz CT molecular complexity index is 917. The van der Waals surface area contributed by atoms with Crippen LogP contribution in [-0.2, 0) is 13.0 Å². The highest BCUT2D eigenvalue weighted by molar-refractivity contribution is 5.96. The summed E-state index contributed by atoms with van der Waals surface area (Å²) >= 11 is 0. The van der Waals surface area contributed by atoms with Crippen LogP contribution in [0.5, 0.6) is 0 Å². The van der Waals surface area contributed by atoms with Gasteiger partial charge in [-0.25, -0.2) is 0 Å². The highest BCUT2D eigenvalue weighted by Crippen LogP contribution is 2.36. The molecule has 0 radical (unpaired) electrons. The molecular formula is C21H18BrNO. The Kier molecular flexibility index (Phi) is 4.63. The molecule has 0 fully saturated rings. The molecule has 24 heavy (non-hydrogen) atoms. The molecule has 0 amide bonds. The number of carbonyl (C=O) groups is 1. The maximum Gasteiger partial charge on any atom is 0.227 e. The van der Waals surface area contributed by atoms with Gasteiger partial charge in [0.2, 0.25) is 12.3 Å². The summed E-state index contributed by atoms with van der Waals surface area (Å²) in [6.07, 6.45) is 2.88. The number of Topliss-reactive ketones (excluding diaryl/α,β-unsaturated/α-hetero) is 1. The van der Waals surface area contributed by atoms with Crippen molar-refractivity contribution < 1.29 is 26.3 Å². The third-order valence-corrected chi connectivity index (χ3v) is 4.60. The number of ketones is 1. The first-order chi connectivity index (χ1) is 11.2. The largest absolute Gasteiger partial charge is 1.00 e. The second-order valence-electron chi connectivity index (χ2n) is 6.10. The molecule has 0 saturated heterocycles. The van der Waals surface area contributed by atoms with Crippen LogP contribution in [-0.4, -0.2) is 5.78 Å². The molecule has 2 nitrogen and oxygen atoms in total. The summed E-state index contributed by atoms with van der Waals surface area (Å²) in [5.74, 6) is 0.156. The molecule has 1 aliphatic rings. The van der Waals surface area contributed by atoms with Gasteiger partial charge in [-0.1, -0.05) is 42.5 Å². The van der Waals surface area contributed by atoms with E-state index < -0.39 is 0 Å². The van der Waals surface area contributed by atoms with Gasteiger partial charge < -0.3 is 17.0 Å². The number of halogens is 1. The standard InChI is InChI=1S/C21H18NO.BrH/c1-15-6-4-5-11-22(15)14-21(23)17-9-10-20-18(13-17)12-16-7-2-3-8-19(16)20;/h2-11,13H,12,14H2,1H3;1H/q+1;/p-1. The molecular weight excluding hydrogens is 362 g/mol. The van der Waals surface area contributed by atoms with Crippen molar-refractivity contribution in [3.05, 3.63) is 89.2 Å². The van der Waals surface area contributed by atoms with Crippen LogP contribution in [0.3, 0.4) is 0 Å². The molecule has 1 aliphatic carbocycles. The van der Waals surface area contributed by atoms with Gasteiger partial charge in [0.1, 0.15) is 0 Å². The minimum absolute atomic E-state index is 0. The second-order valence-corrected chi connectivity index (χ2v) is 6.10. The molecule has 0 spiro atoms. The Morgan fingerprint density at radius 3 is 2.54 bits per heavy atom. The van der Waals surface area contributed by atoms with Gasteiger partial charge in [-0.3, -0.25) is 4.79 Å². The van der Waals surface area contributed by atoms with E-state index in [-0.39, 0.29) is 22.8 Å². The highest BCUT2D eigenvalue weighted by atomic mass is 79.9. The quantitative estimate of drug-likeness (QED) is 0.380. The molecule has 0 aliphatic heterocycles. The van der Waals surface area contributed by atoms with Crippen LogP contribution in [0.4, 0.5) is 0 Å². The summed E-state index contributed by atoms with van der Waals surface area (Å²) in [7, 11) is 0. The number of pyridine rings is 1. The fraction of sp³-hybridized carbons (Fsp3) is 0.143. The zero-order valence-corrected chi connectivity index (χ0v) is 15.1. The Balaban J connectivity index is 0.00000169. The zero-order chi connectivity index (χ0) is 15.8. The van der Waals surface area contributed by atoms with Crippen LogP contribution in [0.2, 0.25) is 0 Å². The fourth-order valence-corrected chi connectivity index (χ4v) is 3.30. The second kappa shape index (κ2) is 6.70. The van der Waals surface area contributed by atoms with Gasteiger partial charge in [-0.05, 0) is 34.7 Å². The number of fused-ring (bicyclic) bond motifs is 3. The van der Waals surface area contributed by atoms with E-state index in [4.69, 9.17) is 0 Å². The average Bonchev–Trinajstić information content (AvgIpc) is 2.94. The number of carbonyl (C=O) groups excluding carboxylic acids is 1. The lowest BCUT2D eigenvalue weighted by Gasteiger charge is -2.04. The molecule has 120 valence electrons. The van der Waals surface area contributed by atoms with E-state index in [0.29, 0.717) is 6.54 Å². The van der Waals surface area contributed by atoms with Gasteiger partial charge >= 0.3 is 0 Å². The van der Waals surface area contributed by atoms with Gasteiger partial charge in [0.15, 0.2) is 11.9 Å². The molecule has 0 atom stereocenters. The maximum atomic E-state index is 12.6. The number of aromatic nitrogens is 1. The average molecular weight is 380 g/mol. The van der Waals surface area contributed by atoms with E-state index in [1.165, 1.54) is 22.3 Å². The lowest BCUT2D eigenvalue weighted by atomic mass is 10.0. The van der Waals surface area contributed by atoms with Gasteiger partial charge in [0.05, 0.1) is 0 Å². The highest BCUT2D eigenvalue weighted by Gasteiger charge is 2.20. The van der Waals surface area contributed by atoms with E-state index in [1.54, 1.807) is 0 Å². The van der Waals surface area contributed by atoms with Gasteiger partial charge in [0, 0.05) is 24.6 Å². The monoisotopic (exact) mass is 379 g/mol. The van der Waals surface area contributed by atoms with Crippen LogP contribution < -0.4 is 21.5 Å². The number of aryl methyl sites for hydroxylation is 1. The van der Waals surface area contributed by atoms with E-state index in [1.807, 2.05) is 42.0 Å². The topological polar surface area (TPSA) is 20.9 Å². The molecule has 0 saturated carbocycles. The molecule has 3 aromatic rings. The van der Waals surface area contributed by atoms with E-state index in [9.17, 15) is 4.79 Å². The van der Waals surface area contributed by atoms with Crippen molar-refractivity contribution >= 4 is 5.78 Å². The van der Waals surface area contributed by atoms with Crippen LogP contribution >= 0.6 is 0 Å². The van der Waals surface area contributed by atoms with Gasteiger partial charge in [-0.15, -0.1) is 0 Å². The molecule has 3 heteroatoms. The first kappa shape index (κ1) is 16.6. The predicted molar refractivity (Wildman–Crippen MR) is 90.4 cm³/mol. The van der Waals surface area contributed by atoms with Crippen molar-refractivity contribution in [1.29, 1.82) is 0 Å². The molecule has 1 heterocycles. The summed E-state index contributed by atoms with van der Waals surface area (Å²) in [5, 5.41) is 0. The third kappa shape index (κ3) is 2.92. The predicted octanol–water partition coefficient (Wildman–Crippen LogP) is 0.741. The van der Waals surface area contributed by atoms with Gasteiger partial charge in [0.25, 0.3) is 0 Å². The Morgan fingerprint density at radius 2 is 1.71 bits per heavy atom. The van der Waals surface area contributed by atoms with Crippen LogP contribution in [0.25, 0.3) is 11.1 Å². The normalized spacial score (nSPS) is 11.4. The van der Waals surface area contributed by atoms with E-state index in [0.717, 1.165) is 17.7 Å². The minimum atomic E-state index is 0. The number of hydrogen-bond donors (Lipinski definition) is 0. The SMILES string of the molecule is Cc1cccc[n+]1CC(=O)c1ccc2c(c1)Cc1ccccc1-2.[Br-]. The van der Waals surface area contributed by atoms with Crippen molar-refractivity contribution in [2.75, 3.05) is 0 Å². The first-order valence-corrected chi connectivity index (χ1v) is 7.92. The number of rotatable bonds is 3. The smallest absolute Gasteiger partial charge is 0.227 e. The summed E-state index contributed by atoms with van der Waals surface area (Å²) < 4.78 is 1.99. The van der Waals surface area contributed by atoms with Crippen molar-refractivity contribution in [2.24, 2.45) is 0 Å². The zero-order valence-electron chi connectivity index (χ0n) is 13.5. The summed E-state index contributed by atoms with van der Waals surface area (Å²) in [5.41, 5.74) is 7.06. The molecule has 2 aromatic carbocycles. The molecule has 0 unspecified atom stereocenters. The number of nitrogens with zero attached hydrogens (tertiary/aromatic N) is 1. The van der Waals surface area contributed by atoms with E-state index >= 15 is 0 Å². The summed E-state index contributed by atoms with van der Waals surface area (Å²) in [4.78, 5) is 12.6. The molecule has 4 rings (SSSR count). The van der Waals surface area contributed by atoms with Crippen molar-refractivity contribution in [2.45, 2.75) is 19.9 Å². The molecule has 1 aromatic heterocycles. The number of benzene rings is 2. The molecule has 0 bridgehead atoms. The lowest BCUT2D eigenvalue weighted by Crippen LogP contribution is -3.00. The third-order valence-electron chi connectivity index (χ3n) is 4.60. The summed E-state index contributed by atoms with van der Waals surface area (Å²) in [6, 6.07) is 20.6. The van der Waals surface area contributed by atoms with Crippen LogP contribution in [0.15, 0.2) is 66.9 Å². The Hall–Kier alpha value is -2.26. The van der Waals surface area contributed by atoms with Crippen molar-refractivity contribution in [3.63, 3.8) is 0 Å². The van der Waals surface area contributed by atoms with Crippen molar-refractivity contribution in [3.8, 4) is 11.1 Å². The van der Waals surface area contributed by atoms with Crippen LogP contribution in [0.1, 0.15) is 27.2 Å². The fourth-order valence-electron chi connectivity index (χ4n) is 3.30. The van der Waals surface area contributed by atoms with E-state index in [2.05, 4.69) is 36.4 Å². The maximum absolute atomic E-state index is 12.6. The lowest BCUT2D eigenvalue weighted by molar-refractivity contribution is -0.689. The van der Waals surface area contributed by atoms with Gasteiger partial charge in [-0.2, -0.15) is 4.57 Å². The Labute approximate surface area is 152 Å². The minimum Gasteiger partial charge on any atom is -1.00 e. The number of hydrogen-bond acceptors (Lipinski definition) is 1. The van der Waals surface area contributed by atoms with Crippen molar-refractivity contribution in [1.82, 2.24) is 0 Å². The van der Waals surface area contributed by atoms with Crippen LogP contribution in [0, 0.1) is 6.92 Å². The first-order valence-electron chi connectivity index (χ1n) is 7.92.